The van der Waals surface area contributed by atoms with Crippen LogP contribution in [0.4, 0.5) is 5.95 Å². The Balaban J connectivity index is 2.04. The first-order valence-electron chi connectivity index (χ1n) is 5.90. The van der Waals surface area contributed by atoms with Crippen LogP contribution in [0.1, 0.15) is 19.5 Å². The summed E-state index contributed by atoms with van der Waals surface area (Å²) >= 11 is 0. The molecule has 2 rings (SSSR count). The van der Waals surface area contributed by atoms with Crippen LogP contribution in [0.15, 0.2) is 36.8 Å². The van der Waals surface area contributed by atoms with Crippen molar-refractivity contribution in [3.8, 4) is 0 Å². The number of nitrogens with one attached hydrogen (secondary N) is 1. The third-order valence-electron chi connectivity index (χ3n) is 2.44. The van der Waals surface area contributed by atoms with Crippen LogP contribution >= 0.6 is 0 Å². The van der Waals surface area contributed by atoms with E-state index in [2.05, 4.69) is 33.7 Å². The van der Waals surface area contributed by atoms with E-state index in [1.807, 2.05) is 36.8 Å². The van der Waals surface area contributed by atoms with Gasteiger partial charge in [-0.25, -0.2) is 4.98 Å². The zero-order chi connectivity index (χ0) is 12.1. The van der Waals surface area contributed by atoms with E-state index in [1.165, 1.54) is 0 Å². The van der Waals surface area contributed by atoms with Crippen LogP contribution in [0.3, 0.4) is 0 Å². The first-order chi connectivity index (χ1) is 8.25. The second-order valence-corrected chi connectivity index (χ2v) is 4.47. The van der Waals surface area contributed by atoms with Crippen LogP contribution in [0, 0.1) is 5.92 Å². The van der Waals surface area contributed by atoms with E-state index in [-0.39, 0.29) is 0 Å². The third kappa shape index (κ3) is 3.31. The highest BCUT2D eigenvalue weighted by Gasteiger charge is 2.04. The van der Waals surface area contributed by atoms with Crippen LogP contribution in [0.5, 0.6) is 0 Å². The highest BCUT2D eigenvalue weighted by Crippen LogP contribution is 2.08. The minimum absolute atomic E-state index is 0.606. The number of nitrogens with zero attached hydrogens (tertiary/aromatic N) is 3. The van der Waals surface area contributed by atoms with E-state index in [9.17, 15) is 0 Å². The van der Waals surface area contributed by atoms with Gasteiger partial charge in [0.1, 0.15) is 0 Å². The number of anilines is 1. The highest BCUT2D eigenvalue weighted by molar-refractivity contribution is 5.26. The summed E-state index contributed by atoms with van der Waals surface area (Å²) in [6, 6.07) is 5.95. The molecule has 2 aromatic heterocycles. The van der Waals surface area contributed by atoms with Gasteiger partial charge in [-0.1, -0.05) is 19.9 Å². The van der Waals surface area contributed by atoms with Crippen molar-refractivity contribution in [1.82, 2.24) is 14.5 Å². The fourth-order valence-electron chi connectivity index (χ4n) is 1.57. The summed E-state index contributed by atoms with van der Waals surface area (Å²) in [5, 5.41) is 3.34. The number of hydrogen-bond donors (Lipinski definition) is 1. The summed E-state index contributed by atoms with van der Waals surface area (Å²) in [7, 11) is 0. The first-order valence-corrected chi connectivity index (χ1v) is 5.90. The second kappa shape index (κ2) is 5.48. The van der Waals surface area contributed by atoms with Crippen molar-refractivity contribution in [2.75, 3.05) is 11.9 Å². The summed E-state index contributed by atoms with van der Waals surface area (Å²) < 4.78 is 2.07. The Labute approximate surface area is 102 Å². The van der Waals surface area contributed by atoms with Gasteiger partial charge in [-0.2, -0.15) is 0 Å². The van der Waals surface area contributed by atoms with Gasteiger partial charge in [-0.15, -0.1) is 0 Å². The monoisotopic (exact) mass is 230 g/mol. The maximum Gasteiger partial charge on any atom is 0.203 e. The van der Waals surface area contributed by atoms with Crippen LogP contribution < -0.4 is 5.32 Å². The Morgan fingerprint density at radius 3 is 2.82 bits per heavy atom. The van der Waals surface area contributed by atoms with Crippen LogP contribution in [-0.2, 0) is 6.54 Å². The lowest BCUT2D eigenvalue weighted by Gasteiger charge is -2.10. The van der Waals surface area contributed by atoms with Crippen molar-refractivity contribution >= 4 is 5.95 Å². The molecule has 0 aliphatic carbocycles. The van der Waals surface area contributed by atoms with Crippen molar-refractivity contribution in [3.05, 3.63) is 42.5 Å². The minimum atomic E-state index is 0.606. The Kier molecular flexibility index (Phi) is 3.75. The van der Waals surface area contributed by atoms with E-state index in [1.54, 1.807) is 0 Å². The lowest BCUT2D eigenvalue weighted by atomic mass is 10.2. The molecule has 0 amide bonds. The molecule has 4 heteroatoms. The van der Waals surface area contributed by atoms with Gasteiger partial charge < -0.3 is 9.88 Å². The van der Waals surface area contributed by atoms with Crippen molar-refractivity contribution < 1.29 is 0 Å². The molecule has 0 aliphatic heterocycles. The SMILES string of the molecule is CC(C)CNc1nccn1Cc1ccccn1. The maximum atomic E-state index is 4.31. The Bertz CT molecular complexity index is 447. The van der Waals surface area contributed by atoms with Gasteiger partial charge in [-0.3, -0.25) is 4.98 Å². The zero-order valence-electron chi connectivity index (χ0n) is 10.3. The molecule has 17 heavy (non-hydrogen) atoms. The van der Waals surface area contributed by atoms with Gasteiger partial charge in [0, 0.05) is 25.1 Å². The van der Waals surface area contributed by atoms with Crippen molar-refractivity contribution in [3.63, 3.8) is 0 Å². The van der Waals surface area contributed by atoms with Gasteiger partial charge in [0.05, 0.1) is 12.2 Å². The molecular weight excluding hydrogens is 212 g/mol. The van der Waals surface area contributed by atoms with Crippen molar-refractivity contribution in [2.45, 2.75) is 20.4 Å². The van der Waals surface area contributed by atoms with E-state index in [0.29, 0.717) is 5.92 Å². The molecule has 0 saturated heterocycles. The van der Waals surface area contributed by atoms with Gasteiger partial charge in [0.15, 0.2) is 0 Å². The standard InChI is InChI=1S/C13H18N4/c1-11(2)9-16-13-15-7-8-17(13)10-12-5-3-4-6-14-12/h3-8,11H,9-10H2,1-2H3,(H,15,16). The van der Waals surface area contributed by atoms with E-state index in [0.717, 1.165) is 24.7 Å². The van der Waals surface area contributed by atoms with Gasteiger partial charge in [0.25, 0.3) is 0 Å². The Morgan fingerprint density at radius 2 is 2.12 bits per heavy atom. The molecular formula is C13H18N4. The first kappa shape index (κ1) is 11.6. The molecule has 0 unspecified atom stereocenters. The van der Waals surface area contributed by atoms with Crippen LogP contribution in [0.2, 0.25) is 0 Å². The molecule has 0 bridgehead atoms. The zero-order valence-corrected chi connectivity index (χ0v) is 10.3. The summed E-state index contributed by atoms with van der Waals surface area (Å²) in [4.78, 5) is 8.62. The average molecular weight is 230 g/mol. The normalized spacial score (nSPS) is 10.8. The minimum Gasteiger partial charge on any atom is -0.355 e. The number of aromatic nitrogens is 3. The maximum absolute atomic E-state index is 4.31. The average Bonchev–Trinajstić information content (AvgIpc) is 2.75. The third-order valence-corrected chi connectivity index (χ3v) is 2.44. The molecule has 1 N–H and O–H groups in total. The summed E-state index contributed by atoms with van der Waals surface area (Å²) in [5.41, 5.74) is 1.04. The molecule has 0 atom stereocenters. The predicted octanol–water partition coefficient (Wildman–Crippen LogP) is 2.39. The Morgan fingerprint density at radius 1 is 1.24 bits per heavy atom. The molecule has 0 spiro atoms. The van der Waals surface area contributed by atoms with E-state index < -0.39 is 0 Å². The number of hydrogen-bond acceptors (Lipinski definition) is 3. The number of pyridine rings is 1. The molecule has 0 aromatic carbocycles. The summed E-state index contributed by atoms with van der Waals surface area (Å²) in [6.45, 7) is 6.04. The van der Waals surface area contributed by atoms with Gasteiger partial charge >= 0.3 is 0 Å². The fraction of sp³-hybridized carbons (Fsp3) is 0.385. The molecule has 4 nitrogen and oxygen atoms in total. The molecule has 0 radical (unpaired) electrons. The second-order valence-electron chi connectivity index (χ2n) is 4.47. The van der Waals surface area contributed by atoms with Gasteiger partial charge in [0.2, 0.25) is 5.95 Å². The van der Waals surface area contributed by atoms with E-state index in [4.69, 9.17) is 0 Å². The lowest BCUT2D eigenvalue weighted by molar-refractivity contribution is 0.675. The quantitative estimate of drug-likeness (QED) is 0.857. The van der Waals surface area contributed by atoms with Crippen LogP contribution in [0.25, 0.3) is 0 Å². The summed E-state index contributed by atoms with van der Waals surface area (Å²) in [6.07, 6.45) is 5.59. The molecule has 2 heterocycles. The molecule has 2 aromatic rings. The molecule has 90 valence electrons. The molecule has 0 aliphatic rings. The lowest BCUT2D eigenvalue weighted by Crippen LogP contribution is -2.13. The Hall–Kier alpha value is -1.84. The number of rotatable bonds is 5. The van der Waals surface area contributed by atoms with Crippen LogP contribution in [-0.4, -0.2) is 21.1 Å². The summed E-state index contributed by atoms with van der Waals surface area (Å²) in [5.74, 6) is 1.51. The fourth-order valence-corrected chi connectivity index (χ4v) is 1.57. The van der Waals surface area contributed by atoms with Gasteiger partial charge in [-0.05, 0) is 18.1 Å². The molecule has 0 saturated carbocycles. The topological polar surface area (TPSA) is 42.7 Å². The largest absolute Gasteiger partial charge is 0.355 e. The number of imidazole rings is 1. The van der Waals surface area contributed by atoms with E-state index >= 15 is 0 Å². The van der Waals surface area contributed by atoms with Crippen molar-refractivity contribution in [1.29, 1.82) is 0 Å². The smallest absolute Gasteiger partial charge is 0.203 e. The predicted molar refractivity (Wildman–Crippen MR) is 68.9 cm³/mol. The molecule has 0 fully saturated rings. The highest BCUT2D eigenvalue weighted by atomic mass is 15.2. The van der Waals surface area contributed by atoms with Crippen molar-refractivity contribution in [2.24, 2.45) is 5.92 Å².